The Morgan fingerprint density at radius 1 is 1.18 bits per heavy atom. The molecular formula is C12H9ClF4N4O. The Balaban J connectivity index is 2.02. The third kappa shape index (κ3) is 4.99. The van der Waals surface area contributed by atoms with Crippen molar-refractivity contribution in [3.63, 3.8) is 0 Å². The van der Waals surface area contributed by atoms with Gasteiger partial charge in [0.05, 0.1) is 6.20 Å². The van der Waals surface area contributed by atoms with Crippen LogP contribution in [0.3, 0.4) is 0 Å². The Hall–Kier alpha value is -2.16. The Kier molecular flexibility index (Phi) is 4.96. The molecule has 1 N–H and O–H groups in total. The Morgan fingerprint density at radius 3 is 2.59 bits per heavy atom. The van der Waals surface area contributed by atoms with E-state index in [-0.39, 0.29) is 12.4 Å². The molecule has 0 amide bonds. The van der Waals surface area contributed by atoms with Gasteiger partial charge < -0.3 is 10.1 Å². The van der Waals surface area contributed by atoms with E-state index in [2.05, 4.69) is 25.0 Å². The summed E-state index contributed by atoms with van der Waals surface area (Å²) in [5.41, 5.74) is 0.681. The first kappa shape index (κ1) is 16.2. The molecule has 2 aromatic rings. The van der Waals surface area contributed by atoms with Crippen LogP contribution in [0.15, 0.2) is 24.5 Å². The second kappa shape index (κ2) is 6.73. The van der Waals surface area contributed by atoms with E-state index >= 15 is 0 Å². The summed E-state index contributed by atoms with van der Waals surface area (Å²) >= 11 is 5.63. The molecule has 0 bridgehead atoms. The first-order valence-electron chi connectivity index (χ1n) is 5.90. The molecule has 2 heterocycles. The fourth-order valence-corrected chi connectivity index (χ4v) is 1.50. The molecule has 2 rings (SSSR count). The maximum atomic E-state index is 13.5. The Bertz CT molecular complexity index is 636. The molecule has 0 aliphatic rings. The van der Waals surface area contributed by atoms with E-state index in [0.717, 1.165) is 6.20 Å². The molecule has 2 aromatic heterocycles. The van der Waals surface area contributed by atoms with Gasteiger partial charge in [0.2, 0.25) is 0 Å². The number of hydrogen-bond donors (Lipinski definition) is 1. The molecule has 22 heavy (non-hydrogen) atoms. The van der Waals surface area contributed by atoms with Crippen LogP contribution in [0.4, 0.5) is 23.4 Å². The van der Waals surface area contributed by atoms with Crippen LogP contribution < -0.4 is 10.1 Å². The topological polar surface area (TPSA) is 59.9 Å². The van der Waals surface area contributed by atoms with Crippen LogP contribution in [0.1, 0.15) is 5.56 Å². The lowest BCUT2D eigenvalue weighted by Gasteiger charge is -2.10. The number of halogens is 5. The van der Waals surface area contributed by atoms with Crippen molar-refractivity contribution in [1.82, 2.24) is 15.0 Å². The zero-order valence-electron chi connectivity index (χ0n) is 10.9. The number of aromatic nitrogens is 3. The molecule has 0 saturated carbocycles. The number of anilines is 1. The number of alkyl halides is 3. The van der Waals surface area contributed by atoms with Gasteiger partial charge in [-0.1, -0.05) is 17.7 Å². The van der Waals surface area contributed by atoms with Gasteiger partial charge in [-0.05, 0) is 11.6 Å². The van der Waals surface area contributed by atoms with Crippen molar-refractivity contribution in [3.8, 4) is 6.01 Å². The van der Waals surface area contributed by atoms with Gasteiger partial charge in [-0.25, -0.2) is 14.4 Å². The van der Waals surface area contributed by atoms with E-state index in [1.165, 1.54) is 6.20 Å². The normalized spacial score (nSPS) is 11.3. The van der Waals surface area contributed by atoms with Crippen LogP contribution in [0.25, 0.3) is 0 Å². The molecule has 0 saturated heterocycles. The largest absolute Gasteiger partial charge is 0.454 e. The van der Waals surface area contributed by atoms with Gasteiger partial charge >= 0.3 is 12.2 Å². The lowest BCUT2D eigenvalue weighted by atomic mass is 10.3. The SMILES string of the molecule is Fc1cnc(OCC(F)(F)F)nc1NCc1ccc(Cl)nc1. The summed E-state index contributed by atoms with van der Waals surface area (Å²) in [5.74, 6) is -1.09. The molecule has 0 fully saturated rings. The fraction of sp³-hybridized carbons (Fsp3) is 0.250. The number of ether oxygens (including phenoxy) is 1. The molecule has 118 valence electrons. The van der Waals surface area contributed by atoms with Gasteiger partial charge in [-0.2, -0.15) is 18.2 Å². The molecule has 5 nitrogen and oxygen atoms in total. The quantitative estimate of drug-likeness (QED) is 0.671. The molecule has 0 unspecified atom stereocenters. The summed E-state index contributed by atoms with van der Waals surface area (Å²) in [6.07, 6.45) is -2.34. The summed E-state index contributed by atoms with van der Waals surface area (Å²) in [5, 5.41) is 2.92. The number of nitrogens with one attached hydrogen (secondary N) is 1. The molecule has 0 radical (unpaired) electrons. The number of nitrogens with zero attached hydrogens (tertiary/aromatic N) is 3. The highest BCUT2D eigenvalue weighted by atomic mass is 35.5. The van der Waals surface area contributed by atoms with E-state index in [4.69, 9.17) is 11.6 Å². The molecule has 0 aliphatic heterocycles. The van der Waals surface area contributed by atoms with Crippen LogP contribution in [-0.2, 0) is 6.54 Å². The number of rotatable bonds is 5. The van der Waals surface area contributed by atoms with Crippen LogP contribution in [0.5, 0.6) is 6.01 Å². The van der Waals surface area contributed by atoms with E-state index in [1.807, 2.05) is 0 Å². The average Bonchev–Trinajstić information content (AvgIpc) is 2.46. The predicted molar refractivity (Wildman–Crippen MR) is 70.1 cm³/mol. The highest BCUT2D eigenvalue weighted by Gasteiger charge is 2.29. The van der Waals surface area contributed by atoms with Crippen molar-refractivity contribution in [3.05, 3.63) is 41.1 Å². The van der Waals surface area contributed by atoms with Crippen molar-refractivity contribution in [2.45, 2.75) is 12.7 Å². The predicted octanol–water partition coefficient (Wildman–Crippen LogP) is 3.22. The summed E-state index contributed by atoms with van der Waals surface area (Å²) in [7, 11) is 0. The number of pyridine rings is 1. The smallest absolute Gasteiger partial charge is 0.422 e. The second-order valence-electron chi connectivity index (χ2n) is 4.10. The molecule has 0 aliphatic carbocycles. The van der Waals surface area contributed by atoms with Gasteiger partial charge in [-0.15, -0.1) is 0 Å². The third-order valence-electron chi connectivity index (χ3n) is 2.34. The van der Waals surface area contributed by atoms with E-state index < -0.39 is 24.6 Å². The minimum Gasteiger partial charge on any atom is -0.454 e. The lowest BCUT2D eigenvalue weighted by molar-refractivity contribution is -0.154. The lowest BCUT2D eigenvalue weighted by Crippen LogP contribution is -2.20. The zero-order valence-corrected chi connectivity index (χ0v) is 11.6. The van der Waals surface area contributed by atoms with Crippen LogP contribution in [0, 0.1) is 5.82 Å². The summed E-state index contributed by atoms with van der Waals surface area (Å²) in [6.45, 7) is -1.41. The van der Waals surface area contributed by atoms with E-state index in [1.54, 1.807) is 12.1 Å². The second-order valence-corrected chi connectivity index (χ2v) is 4.48. The fourth-order valence-electron chi connectivity index (χ4n) is 1.39. The summed E-state index contributed by atoms with van der Waals surface area (Å²) < 4.78 is 54.0. The Morgan fingerprint density at radius 2 is 1.95 bits per heavy atom. The van der Waals surface area contributed by atoms with E-state index in [9.17, 15) is 17.6 Å². The van der Waals surface area contributed by atoms with Gasteiger partial charge in [0, 0.05) is 12.7 Å². The minimum absolute atomic E-state index is 0.150. The monoisotopic (exact) mass is 336 g/mol. The zero-order chi connectivity index (χ0) is 16.2. The van der Waals surface area contributed by atoms with Crippen molar-refractivity contribution < 1.29 is 22.3 Å². The maximum Gasteiger partial charge on any atom is 0.422 e. The summed E-state index contributed by atoms with van der Waals surface area (Å²) in [4.78, 5) is 10.7. The van der Waals surface area contributed by atoms with Gasteiger partial charge in [0.25, 0.3) is 0 Å². The highest BCUT2D eigenvalue weighted by molar-refractivity contribution is 6.29. The van der Waals surface area contributed by atoms with Gasteiger partial charge in [-0.3, -0.25) is 0 Å². The molecular weight excluding hydrogens is 328 g/mol. The van der Waals surface area contributed by atoms with Crippen LogP contribution >= 0.6 is 11.6 Å². The molecule has 10 heteroatoms. The standard InChI is InChI=1S/C12H9ClF4N4O/c13-9-2-1-7(3-18-9)4-19-10-8(14)5-20-11(21-10)22-6-12(15,16)17/h1-3,5H,4,6H2,(H,19,20,21). The van der Waals surface area contributed by atoms with Gasteiger partial charge in [0.1, 0.15) is 5.15 Å². The van der Waals surface area contributed by atoms with Crippen molar-refractivity contribution >= 4 is 17.4 Å². The minimum atomic E-state index is -4.53. The first-order valence-corrected chi connectivity index (χ1v) is 6.28. The highest BCUT2D eigenvalue weighted by Crippen LogP contribution is 2.18. The first-order chi connectivity index (χ1) is 10.3. The maximum absolute atomic E-state index is 13.5. The van der Waals surface area contributed by atoms with Crippen molar-refractivity contribution in [2.75, 3.05) is 11.9 Å². The summed E-state index contributed by atoms with van der Waals surface area (Å²) in [6, 6.07) is 2.63. The third-order valence-corrected chi connectivity index (χ3v) is 2.56. The molecule has 0 atom stereocenters. The Labute approximate surface area is 127 Å². The molecule has 0 spiro atoms. The number of hydrogen-bond acceptors (Lipinski definition) is 5. The van der Waals surface area contributed by atoms with Crippen LogP contribution in [0.2, 0.25) is 5.15 Å². The van der Waals surface area contributed by atoms with Gasteiger partial charge in [0.15, 0.2) is 18.2 Å². The van der Waals surface area contributed by atoms with Crippen molar-refractivity contribution in [2.24, 2.45) is 0 Å². The molecule has 0 aromatic carbocycles. The average molecular weight is 337 g/mol. The van der Waals surface area contributed by atoms with Crippen LogP contribution in [-0.4, -0.2) is 27.7 Å². The van der Waals surface area contributed by atoms with E-state index in [0.29, 0.717) is 10.7 Å². The van der Waals surface area contributed by atoms with Crippen molar-refractivity contribution in [1.29, 1.82) is 0 Å².